The van der Waals surface area contributed by atoms with Crippen molar-refractivity contribution in [3.05, 3.63) is 120 Å². The van der Waals surface area contributed by atoms with Crippen LogP contribution in [0.15, 0.2) is 97.8 Å². The number of nitrogens with one attached hydrogen (secondary N) is 1. The highest BCUT2D eigenvalue weighted by Gasteiger charge is 2.34. The van der Waals surface area contributed by atoms with Gasteiger partial charge in [0.15, 0.2) is 0 Å². The zero-order valence-corrected chi connectivity index (χ0v) is 22.1. The molecule has 5 nitrogen and oxygen atoms in total. The molecule has 1 unspecified atom stereocenters. The second-order valence-corrected chi connectivity index (χ2v) is 9.46. The van der Waals surface area contributed by atoms with Crippen LogP contribution in [0.4, 0.5) is 4.39 Å². The maximum atomic E-state index is 14.2. The molecule has 1 saturated heterocycles. The smallest absolute Gasteiger partial charge is 0.123 e. The van der Waals surface area contributed by atoms with Gasteiger partial charge in [-0.15, -0.1) is 0 Å². The number of carbonyl (C=O) groups excluding carboxylic acids is 1. The summed E-state index contributed by atoms with van der Waals surface area (Å²) in [7, 11) is 3.75. The SMILES string of the molecule is C=C(c1cncc2ccccc12)N1CCN(C(c2ccccc2)c2cccc(F)c2)[C@H](CC=O)C1.CNC. The molecule has 0 aliphatic carbocycles. The van der Waals surface area contributed by atoms with Crippen molar-refractivity contribution in [3.63, 3.8) is 0 Å². The first kappa shape index (κ1) is 27.2. The summed E-state index contributed by atoms with van der Waals surface area (Å²) in [5.74, 6) is -0.258. The highest BCUT2D eigenvalue weighted by molar-refractivity contribution is 5.92. The van der Waals surface area contributed by atoms with E-state index in [0.29, 0.717) is 19.5 Å². The molecule has 0 saturated carbocycles. The molecule has 0 radical (unpaired) electrons. The maximum absolute atomic E-state index is 14.2. The Balaban J connectivity index is 0.00000107. The Kier molecular flexibility index (Phi) is 9.35. The number of hydrogen-bond acceptors (Lipinski definition) is 5. The molecule has 1 aliphatic rings. The van der Waals surface area contributed by atoms with Crippen LogP contribution in [0.3, 0.4) is 0 Å². The van der Waals surface area contributed by atoms with Gasteiger partial charge in [0.2, 0.25) is 0 Å². The second kappa shape index (κ2) is 13.1. The van der Waals surface area contributed by atoms with Crippen LogP contribution in [0.1, 0.15) is 29.2 Å². The summed E-state index contributed by atoms with van der Waals surface area (Å²) < 4.78 is 14.2. The van der Waals surface area contributed by atoms with Gasteiger partial charge in [-0.1, -0.05) is 73.3 Å². The molecule has 1 fully saturated rings. The molecule has 3 aromatic carbocycles. The highest BCUT2D eigenvalue weighted by Crippen LogP contribution is 2.35. The fourth-order valence-corrected chi connectivity index (χ4v) is 5.18. The summed E-state index contributed by atoms with van der Waals surface area (Å²) in [5, 5.41) is 4.94. The van der Waals surface area contributed by atoms with E-state index in [1.165, 1.54) is 6.07 Å². The lowest BCUT2D eigenvalue weighted by Gasteiger charge is -2.46. The van der Waals surface area contributed by atoms with Crippen molar-refractivity contribution in [2.75, 3.05) is 33.7 Å². The number of fused-ring (bicyclic) bond motifs is 1. The van der Waals surface area contributed by atoms with Crippen LogP contribution in [0.5, 0.6) is 0 Å². The zero-order valence-electron chi connectivity index (χ0n) is 22.1. The first-order valence-corrected chi connectivity index (χ1v) is 12.9. The van der Waals surface area contributed by atoms with Gasteiger partial charge in [0.05, 0.1) is 6.04 Å². The summed E-state index contributed by atoms with van der Waals surface area (Å²) in [6.07, 6.45) is 5.10. The lowest BCUT2D eigenvalue weighted by atomic mass is 9.93. The number of halogens is 1. The van der Waals surface area contributed by atoms with Crippen molar-refractivity contribution in [1.29, 1.82) is 0 Å². The molecule has 4 aromatic rings. The fourth-order valence-electron chi connectivity index (χ4n) is 5.18. The van der Waals surface area contributed by atoms with Crippen LogP contribution in [-0.2, 0) is 4.79 Å². The van der Waals surface area contributed by atoms with E-state index in [1.807, 2.05) is 62.9 Å². The largest absolute Gasteiger partial charge is 0.369 e. The molecule has 0 spiro atoms. The molecule has 1 N–H and O–H groups in total. The second-order valence-electron chi connectivity index (χ2n) is 9.46. The fraction of sp³-hybridized carbons (Fsp3) is 0.250. The van der Waals surface area contributed by atoms with E-state index in [1.54, 1.807) is 12.1 Å². The van der Waals surface area contributed by atoms with E-state index in [-0.39, 0.29) is 17.9 Å². The number of benzene rings is 3. The average Bonchev–Trinajstić information content (AvgIpc) is 2.94. The summed E-state index contributed by atoms with van der Waals surface area (Å²) >= 11 is 0. The van der Waals surface area contributed by atoms with Gasteiger partial charge in [-0.05, 0) is 42.7 Å². The molecule has 38 heavy (non-hydrogen) atoms. The lowest BCUT2D eigenvalue weighted by molar-refractivity contribution is -0.109. The number of hydrogen-bond donors (Lipinski definition) is 1. The molecule has 6 heteroatoms. The van der Waals surface area contributed by atoms with Gasteiger partial charge in [0.1, 0.15) is 12.1 Å². The topological polar surface area (TPSA) is 48.5 Å². The third-order valence-corrected chi connectivity index (χ3v) is 6.87. The third kappa shape index (κ3) is 6.15. The molecule has 5 rings (SSSR count). The molecule has 0 bridgehead atoms. The van der Waals surface area contributed by atoms with Crippen molar-refractivity contribution in [1.82, 2.24) is 20.1 Å². The monoisotopic (exact) mass is 510 g/mol. The Morgan fingerprint density at radius 3 is 2.47 bits per heavy atom. The van der Waals surface area contributed by atoms with Crippen LogP contribution < -0.4 is 5.32 Å². The molecule has 2 heterocycles. The summed E-state index contributed by atoms with van der Waals surface area (Å²) in [6, 6.07) is 24.9. The minimum absolute atomic E-state index is 0.0468. The van der Waals surface area contributed by atoms with Crippen LogP contribution in [0.2, 0.25) is 0 Å². The van der Waals surface area contributed by atoms with E-state index in [4.69, 9.17) is 0 Å². The average molecular weight is 511 g/mol. The van der Waals surface area contributed by atoms with Gasteiger partial charge in [-0.3, -0.25) is 9.88 Å². The van der Waals surface area contributed by atoms with Crippen LogP contribution in [-0.4, -0.2) is 60.8 Å². The number of aldehydes is 1. The third-order valence-electron chi connectivity index (χ3n) is 6.87. The van der Waals surface area contributed by atoms with Crippen molar-refractivity contribution in [2.45, 2.75) is 18.5 Å². The van der Waals surface area contributed by atoms with Crippen molar-refractivity contribution >= 4 is 22.8 Å². The molecular formula is C32H35FN4O. The van der Waals surface area contributed by atoms with E-state index in [2.05, 4.69) is 50.9 Å². The molecule has 2 atom stereocenters. The molecule has 1 aliphatic heterocycles. The minimum atomic E-state index is -0.258. The Labute approximate surface area is 224 Å². The maximum Gasteiger partial charge on any atom is 0.123 e. The Bertz CT molecular complexity index is 1350. The van der Waals surface area contributed by atoms with Crippen molar-refractivity contribution in [3.8, 4) is 0 Å². The minimum Gasteiger partial charge on any atom is -0.369 e. The van der Waals surface area contributed by atoms with E-state index in [0.717, 1.165) is 46.0 Å². The number of carbonyl (C=O) groups is 1. The quantitative estimate of drug-likeness (QED) is 0.331. The van der Waals surface area contributed by atoms with Crippen molar-refractivity contribution < 1.29 is 9.18 Å². The summed E-state index contributed by atoms with van der Waals surface area (Å²) in [4.78, 5) is 20.8. The predicted molar refractivity (Wildman–Crippen MR) is 153 cm³/mol. The summed E-state index contributed by atoms with van der Waals surface area (Å²) in [6.45, 7) is 6.53. The molecule has 1 aromatic heterocycles. The lowest BCUT2D eigenvalue weighted by Crippen LogP contribution is -2.53. The Morgan fingerprint density at radius 1 is 1.03 bits per heavy atom. The van der Waals surface area contributed by atoms with Crippen LogP contribution in [0, 0.1) is 5.82 Å². The summed E-state index contributed by atoms with van der Waals surface area (Å²) in [5.41, 5.74) is 3.88. The van der Waals surface area contributed by atoms with Crippen molar-refractivity contribution in [2.24, 2.45) is 0 Å². The molecule has 196 valence electrons. The zero-order chi connectivity index (χ0) is 26.9. The Morgan fingerprint density at radius 2 is 1.74 bits per heavy atom. The highest BCUT2D eigenvalue weighted by atomic mass is 19.1. The van der Waals surface area contributed by atoms with Gasteiger partial charge in [-0.25, -0.2) is 4.39 Å². The van der Waals surface area contributed by atoms with Gasteiger partial charge < -0.3 is 15.0 Å². The number of pyridine rings is 1. The standard InChI is InChI=1S/C30H28FN3O.C2H7N/c1-22(29-20-32-19-25-10-5-6-13-28(25)29)33-15-16-34(27(21-33)14-17-35)30(23-8-3-2-4-9-23)24-11-7-12-26(31)18-24;1-3-2/h2-13,17-20,27,30H,1,14-16,21H2;3H,1-2H3/t27-,30?;/m1./s1. The number of rotatable bonds is 7. The number of nitrogens with zero attached hydrogens (tertiary/aromatic N) is 3. The Hall–Kier alpha value is -3.87. The van der Waals surface area contributed by atoms with Gasteiger partial charge >= 0.3 is 0 Å². The van der Waals surface area contributed by atoms with Crippen LogP contribution >= 0.6 is 0 Å². The molecular weight excluding hydrogens is 475 g/mol. The van der Waals surface area contributed by atoms with Gasteiger partial charge in [0.25, 0.3) is 0 Å². The van der Waals surface area contributed by atoms with Crippen LogP contribution in [0.25, 0.3) is 16.5 Å². The van der Waals surface area contributed by atoms with Gasteiger partial charge in [0, 0.05) is 61.1 Å². The van der Waals surface area contributed by atoms with E-state index >= 15 is 0 Å². The molecule has 0 amide bonds. The van der Waals surface area contributed by atoms with Gasteiger partial charge in [-0.2, -0.15) is 0 Å². The first-order valence-electron chi connectivity index (χ1n) is 12.9. The van der Waals surface area contributed by atoms with E-state index < -0.39 is 0 Å². The first-order chi connectivity index (χ1) is 18.6. The normalized spacial score (nSPS) is 16.4. The number of aromatic nitrogens is 1. The number of piperazine rings is 1. The predicted octanol–water partition coefficient (Wildman–Crippen LogP) is 5.55. The van der Waals surface area contributed by atoms with E-state index in [9.17, 15) is 9.18 Å².